The van der Waals surface area contributed by atoms with Crippen molar-refractivity contribution in [3.63, 3.8) is 0 Å². The van der Waals surface area contributed by atoms with E-state index >= 15 is 0 Å². The van der Waals surface area contributed by atoms with E-state index in [0.717, 1.165) is 36.2 Å². The maximum absolute atomic E-state index is 10.5. The summed E-state index contributed by atoms with van der Waals surface area (Å²) in [6.07, 6.45) is 0.779. The minimum atomic E-state index is -0.469. The van der Waals surface area contributed by atoms with Crippen LogP contribution in [0.4, 0.5) is 0 Å². The van der Waals surface area contributed by atoms with E-state index < -0.39 is 6.10 Å². The van der Waals surface area contributed by atoms with Gasteiger partial charge in [-0.15, -0.1) is 0 Å². The maximum atomic E-state index is 10.5. The minimum absolute atomic E-state index is 0.469. The van der Waals surface area contributed by atoms with Crippen molar-refractivity contribution in [1.82, 2.24) is 4.90 Å². The molecule has 2 unspecified atom stereocenters. The summed E-state index contributed by atoms with van der Waals surface area (Å²) in [4.78, 5) is 2.37. The first-order valence-corrected chi connectivity index (χ1v) is 7.74. The summed E-state index contributed by atoms with van der Waals surface area (Å²) in [6, 6.07) is 7.81. The summed E-state index contributed by atoms with van der Waals surface area (Å²) in [7, 11) is 0. The molecule has 1 fully saturated rings. The smallest absolute Gasteiger partial charge is 0.125 e. The molecule has 0 bridgehead atoms. The second-order valence-corrected chi connectivity index (χ2v) is 6.04. The molecule has 3 nitrogen and oxygen atoms in total. The van der Waals surface area contributed by atoms with Gasteiger partial charge in [-0.25, -0.2) is 0 Å². The van der Waals surface area contributed by atoms with Gasteiger partial charge >= 0.3 is 0 Å². The largest absolute Gasteiger partial charge is 0.493 e. The van der Waals surface area contributed by atoms with E-state index in [1.165, 1.54) is 6.42 Å². The Bertz CT molecular complexity index is 419. The Kier molecular flexibility index (Phi) is 5.44. The third kappa shape index (κ3) is 3.74. The second-order valence-electron chi connectivity index (χ2n) is 6.04. The van der Waals surface area contributed by atoms with Gasteiger partial charge in [-0.05, 0) is 37.8 Å². The van der Waals surface area contributed by atoms with Gasteiger partial charge in [0.15, 0.2) is 0 Å². The topological polar surface area (TPSA) is 32.7 Å². The summed E-state index contributed by atoms with van der Waals surface area (Å²) in [5.74, 6) is 2.30. The molecule has 1 N–H and O–H groups in total. The lowest BCUT2D eigenvalue weighted by Crippen LogP contribution is -2.27. The molecule has 1 heterocycles. The average molecular weight is 277 g/mol. The van der Waals surface area contributed by atoms with E-state index in [9.17, 15) is 5.11 Å². The van der Waals surface area contributed by atoms with Crippen LogP contribution < -0.4 is 4.74 Å². The Balaban J connectivity index is 1.97. The van der Waals surface area contributed by atoms with Gasteiger partial charge in [0.05, 0.1) is 12.7 Å². The Hall–Kier alpha value is -1.06. The van der Waals surface area contributed by atoms with Crippen LogP contribution in [0.1, 0.15) is 38.9 Å². The number of nitrogens with zero attached hydrogens (tertiary/aromatic N) is 1. The molecule has 0 aromatic heterocycles. The highest BCUT2D eigenvalue weighted by molar-refractivity contribution is 5.35. The van der Waals surface area contributed by atoms with E-state index in [1.54, 1.807) is 0 Å². The third-order valence-electron chi connectivity index (χ3n) is 4.26. The average Bonchev–Trinajstić information content (AvgIpc) is 2.88. The minimum Gasteiger partial charge on any atom is -0.493 e. The van der Waals surface area contributed by atoms with Crippen molar-refractivity contribution in [3.05, 3.63) is 29.8 Å². The molecule has 1 saturated heterocycles. The van der Waals surface area contributed by atoms with Crippen LogP contribution in [0, 0.1) is 11.8 Å². The summed E-state index contributed by atoms with van der Waals surface area (Å²) in [5.41, 5.74) is 0.905. The highest BCUT2D eigenvalue weighted by atomic mass is 16.5. The molecule has 1 aromatic rings. The second kappa shape index (κ2) is 7.09. The first-order chi connectivity index (χ1) is 9.61. The van der Waals surface area contributed by atoms with Crippen LogP contribution in [-0.2, 0) is 0 Å². The van der Waals surface area contributed by atoms with Crippen molar-refractivity contribution < 1.29 is 9.84 Å². The molecule has 2 atom stereocenters. The van der Waals surface area contributed by atoms with Crippen molar-refractivity contribution in [2.24, 2.45) is 11.8 Å². The monoisotopic (exact) mass is 277 g/mol. The predicted molar refractivity (Wildman–Crippen MR) is 82.0 cm³/mol. The number of likely N-dealkylation sites (tertiary alicyclic amines) is 1. The summed E-state index contributed by atoms with van der Waals surface area (Å²) < 4.78 is 5.60. The predicted octanol–water partition coefficient (Wildman–Crippen LogP) is 3.10. The van der Waals surface area contributed by atoms with Gasteiger partial charge in [-0.3, -0.25) is 0 Å². The standard InChI is InChI=1S/C17H27NO2/c1-4-20-17-8-6-5-7-15(17)16(19)12-18-10-9-14(11-18)13(2)3/h5-8,13-14,16,19H,4,9-12H2,1-3H3. The highest BCUT2D eigenvalue weighted by Gasteiger charge is 2.27. The molecule has 0 radical (unpaired) electrons. The highest BCUT2D eigenvalue weighted by Crippen LogP contribution is 2.29. The fourth-order valence-corrected chi connectivity index (χ4v) is 2.96. The molecule has 0 saturated carbocycles. The zero-order chi connectivity index (χ0) is 14.5. The lowest BCUT2D eigenvalue weighted by atomic mass is 9.95. The van der Waals surface area contributed by atoms with Crippen LogP contribution in [0.15, 0.2) is 24.3 Å². The van der Waals surface area contributed by atoms with Crippen LogP contribution in [0.5, 0.6) is 5.75 Å². The molecular weight excluding hydrogens is 250 g/mol. The number of aliphatic hydroxyl groups excluding tert-OH is 1. The fourth-order valence-electron chi connectivity index (χ4n) is 2.96. The Morgan fingerprint density at radius 1 is 1.35 bits per heavy atom. The van der Waals surface area contributed by atoms with E-state index in [1.807, 2.05) is 31.2 Å². The van der Waals surface area contributed by atoms with Gasteiger partial charge in [0.25, 0.3) is 0 Å². The lowest BCUT2D eigenvalue weighted by molar-refractivity contribution is 0.119. The van der Waals surface area contributed by atoms with Gasteiger partial charge in [0.1, 0.15) is 5.75 Å². The van der Waals surface area contributed by atoms with Crippen LogP contribution in [-0.4, -0.2) is 36.2 Å². The van der Waals surface area contributed by atoms with Crippen LogP contribution >= 0.6 is 0 Å². The summed E-state index contributed by atoms with van der Waals surface area (Å²) in [5, 5.41) is 10.5. The number of para-hydroxylation sites is 1. The number of hydrogen-bond donors (Lipinski definition) is 1. The third-order valence-corrected chi connectivity index (χ3v) is 4.26. The maximum Gasteiger partial charge on any atom is 0.125 e. The first-order valence-electron chi connectivity index (χ1n) is 7.74. The normalized spacial score (nSPS) is 21.4. The Morgan fingerprint density at radius 2 is 2.10 bits per heavy atom. The molecule has 1 aromatic carbocycles. The van der Waals surface area contributed by atoms with E-state index in [-0.39, 0.29) is 0 Å². The number of ether oxygens (including phenoxy) is 1. The lowest BCUT2D eigenvalue weighted by Gasteiger charge is -2.22. The van der Waals surface area contributed by atoms with E-state index in [2.05, 4.69) is 18.7 Å². The van der Waals surface area contributed by atoms with Gasteiger partial charge in [0, 0.05) is 18.7 Å². The summed E-state index contributed by atoms with van der Waals surface area (Å²) in [6.45, 7) is 10.1. The number of rotatable bonds is 6. The number of aliphatic hydroxyl groups is 1. The molecule has 1 aliphatic rings. The van der Waals surface area contributed by atoms with Crippen LogP contribution in [0.25, 0.3) is 0 Å². The Labute approximate surface area is 122 Å². The molecule has 112 valence electrons. The van der Waals surface area contributed by atoms with Crippen molar-refractivity contribution in [2.75, 3.05) is 26.2 Å². The van der Waals surface area contributed by atoms with Gasteiger partial charge in [-0.1, -0.05) is 32.0 Å². The van der Waals surface area contributed by atoms with E-state index in [4.69, 9.17) is 4.74 Å². The van der Waals surface area contributed by atoms with Crippen LogP contribution in [0.3, 0.4) is 0 Å². The van der Waals surface area contributed by atoms with E-state index in [0.29, 0.717) is 13.2 Å². The number of β-amino-alcohol motifs (C(OH)–C–C–N with tert-alkyl or cyclic N) is 1. The van der Waals surface area contributed by atoms with Crippen molar-refractivity contribution >= 4 is 0 Å². The SMILES string of the molecule is CCOc1ccccc1C(O)CN1CCC(C(C)C)C1. The zero-order valence-electron chi connectivity index (χ0n) is 12.9. The van der Waals surface area contributed by atoms with Crippen molar-refractivity contribution in [1.29, 1.82) is 0 Å². The molecule has 3 heteroatoms. The van der Waals surface area contributed by atoms with Crippen molar-refractivity contribution in [3.8, 4) is 5.75 Å². The Morgan fingerprint density at radius 3 is 2.75 bits per heavy atom. The molecule has 2 rings (SSSR count). The van der Waals surface area contributed by atoms with Crippen LogP contribution in [0.2, 0.25) is 0 Å². The van der Waals surface area contributed by atoms with Gasteiger partial charge in [0.2, 0.25) is 0 Å². The molecule has 1 aliphatic heterocycles. The molecular formula is C17H27NO2. The summed E-state index contributed by atoms with van der Waals surface area (Å²) >= 11 is 0. The van der Waals surface area contributed by atoms with Gasteiger partial charge in [-0.2, -0.15) is 0 Å². The first kappa shape index (κ1) is 15.3. The molecule has 20 heavy (non-hydrogen) atoms. The number of benzene rings is 1. The number of hydrogen-bond acceptors (Lipinski definition) is 3. The van der Waals surface area contributed by atoms with Gasteiger partial charge < -0.3 is 14.7 Å². The molecule has 0 spiro atoms. The zero-order valence-corrected chi connectivity index (χ0v) is 12.9. The van der Waals surface area contributed by atoms with Crippen molar-refractivity contribution in [2.45, 2.75) is 33.3 Å². The molecule has 0 aliphatic carbocycles. The fraction of sp³-hybridized carbons (Fsp3) is 0.647. The quantitative estimate of drug-likeness (QED) is 0.867. The molecule has 0 amide bonds.